The summed E-state index contributed by atoms with van der Waals surface area (Å²) in [7, 11) is 1.94. The van der Waals surface area contributed by atoms with Crippen LogP contribution in [0.2, 0.25) is 5.02 Å². The molecule has 3 nitrogen and oxygen atoms in total. The molecule has 0 saturated heterocycles. The highest BCUT2D eigenvalue weighted by molar-refractivity contribution is 6.33. The van der Waals surface area contributed by atoms with Gasteiger partial charge in [-0.15, -0.1) is 11.6 Å². The van der Waals surface area contributed by atoms with E-state index in [0.717, 1.165) is 17.9 Å². The van der Waals surface area contributed by atoms with Gasteiger partial charge in [-0.1, -0.05) is 11.6 Å². The van der Waals surface area contributed by atoms with Crippen LogP contribution in [0.4, 0.5) is 5.82 Å². The van der Waals surface area contributed by atoms with Crippen molar-refractivity contribution in [2.45, 2.75) is 25.8 Å². The molecule has 17 heavy (non-hydrogen) atoms. The molecule has 1 aromatic rings. The maximum atomic E-state index is 6.14. The minimum atomic E-state index is 0.241. The fourth-order valence-corrected chi connectivity index (χ4v) is 1.83. The van der Waals surface area contributed by atoms with Crippen LogP contribution in [0.1, 0.15) is 19.4 Å². The molecule has 1 aromatic heterocycles. The molecule has 0 aliphatic rings. The molecular formula is C12H18Cl2N2O. The number of ether oxygens (including phenoxy) is 1. The van der Waals surface area contributed by atoms with E-state index in [9.17, 15) is 0 Å². The first-order chi connectivity index (χ1) is 8.04. The molecule has 0 unspecified atom stereocenters. The number of rotatable bonds is 6. The van der Waals surface area contributed by atoms with Crippen molar-refractivity contribution in [3.63, 3.8) is 0 Å². The Bertz CT molecular complexity index is 358. The SMILES string of the molecule is CC(C)OCCN(C)c1ncc(CCl)cc1Cl. The number of likely N-dealkylation sites (N-methyl/N-ethyl adjacent to an activating group) is 1. The Balaban J connectivity index is 2.59. The molecule has 96 valence electrons. The quantitative estimate of drug-likeness (QED) is 0.746. The predicted octanol–water partition coefficient (Wildman–Crippen LogP) is 3.34. The summed E-state index contributed by atoms with van der Waals surface area (Å²) in [6.07, 6.45) is 1.99. The number of hydrogen-bond acceptors (Lipinski definition) is 3. The molecule has 0 spiro atoms. The Hall–Kier alpha value is -0.510. The zero-order chi connectivity index (χ0) is 12.8. The van der Waals surface area contributed by atoms with E-state index in [1.54, 1.807) is 6.20 Å². The smallest absolute Gasteiger partial charge is 0.147 e. The van der Waals surface area contributed by atoms with Gasteiger partial charge in [0.05, 0.1) is 17.7 Å². The number of nitrogens with zero attached hydrogens (tertiary/aromatic N) is 2. The molecule has 0 fully saturated rings. The molecule has 0 saturated carbocycles. The van der Waals surface area contributed by atoms with Crippen LogP contribution in [0.3, 0.4) is 0 Å². The Morgan fingerprint density at radius 1 is 1.47 bits per heavy atom. The van der Waals surface area contributed by atoms with Crippen molar-refractivity contribution in [2.24, 2.45) is 0 Å². The van der Waals surface area contributed by atoms with E-state index in [4.69, 9.17) is 27.9 Å². The van der Waals surface area contributed by atoms with Gasteiger partial charge in [0.15, 0.2) is 0 Å². The van der Waals surface area contributed by atoms with E-state index in [1.165, 1.54) is 0 Å². The molecular weight excluding hydrogens is 259 g/mol. The van der Waals surface area contributed by atoms with Crippen molar-refractivity contribution in [1.29, 1.82) is 0 Å². The second kappa shape index (κ2) is 7.04. The van der Waals surface area contributed by atoms with E-state index >= 15 is 0 Å². The summed E-state index contributed by atoms with van der Waals surface area (Å²) in [5, 5.41) is 0.621. The average molecular weight is 277 g/mol. The van der Waals surface area contributed by atoms with Crippen LogP contribution in [-0.2, 0) is 10.6 Å². The summed E-state index contributed by atoms with van der Waals surface area (Å²) in [6, 6.07) is 1.84. The third kappa shape index (κ3) is 4.70. The third-order valence-electron chi connectivity index (χ3n) is 2.27. The minimum absolute atomic E-state index is 0.241. The summed E-state index contributed by atoms with van der Waals surface area (Å²) in [5.74, 6) is 1.18. The van der Waals surface area contributed by atoms with Gasteiger partial charge in [-0.2, -0.15) is 0 Å². The molecule has 0 aromatic carbocycles. The zero-order valence-corrected chi connectivity index (χ0v) is 11.9. The van der Waals surface area contributed by atoms with Crippen LogP contribution < -0.4 is 4.90 Å². The largest absolute Gasteiger partial charge is 0.377 e. The maximum Gasteiger partial charge on any atom is 0.147 e. The van der Waals surface area contributed by atoms with Crippen molar-refractivity contribution < 1.29 is 4.74 Å². The van der Waals surface area contributed by atoms with Gasteiger partial charge in [0.1, 0.15) is 5.82 Å². The maximum absolute atomic E-state index is 6.14. The van der Waals surface area contributed by atoms with Crippen LogP contribution >= 0.6 is 23.2 Å². The van der Waals surface area contributed by atoms with E-state index in [0.29, 0.717) is 17.5 Å². The minimum Gasteiger partial charge on any atom is -0.377 e. The van der Waals surface area contributed by atoms with Crippen molar-refractivity contribution in [1.82, 2.24) is 4.98 Å². The van der Waals surface area contributed by atoms with Gasteiger partial charge in [-0.25, -0.2) is 4.98 Å². The van der Waals surface area contributed by atoms with Crippen LogP contribution in [0, 0.1) is 0 Å². The Morgan fingerprint density at radius 2 is 2.18 bits per heavy atom. The summed E-state index contributed by atoms with van der Waals surface area (Å²) < 4.78 is 5.49. The zero-order valence-electron chi connectivity index (χ0n) is 10.4. The highest BCUT2D eigenvalue weighted by Gasteiger charge is 2.08. The Kier molecular flexibility index (Phi) is 6.03. The lowest BCUT2D eigenvalue weighted by Gasteiger charge is -2.20. The molecule has 1 rings (SSSR count). The molecule has 0 N–H and O–H groups in total. The average Bonchev–Trinajstić information content (AvgIpc) is 2.28. The fourth-order valence-electron chi connectivity index (χ4n) is 1.36. The highest BCUT2D eigenvalue weighted by atomic mass is 35.5. The number of aromatic nitrogens is 1. The number of pyridine rings is 1. The Morgan fingerprint density at radius 3 is 2.71 bits per heavy atom. The van der Waals surface area contributed by atoms with Crippen molar-refractivity contribution in [2.75, 3.05) is 25.1 Å². The summed E-state index contributed by atoms with van der Waals surface area (Å²) in [5.41, 5.74) is 0.923. The summed E-state index contributed by atoms with van der Waals surface area (Å²) >= 11 is 11.9. The lowest BCUT2D eigenvalue weighted by Crippen LogP contribution is -2.25. The number of anilines is 1. The third-order valence-corrected chi connectivity index (χ3v) is 2.86. The molecule has 0 bridgehead atoms. The molecule has 0 radical (unpaired) electrons. The second-order valence-electron chi connectivity index (χ2n) is 4.12. The molecule has 0 atom stereocenters. The first-order valence-electron chi connectivity index (χ1n) is 5.57. The summed E-state index contributed by atoms with van der Waals surface area (Å²) in [6.45, 7) is 5.44. The first-order valence-corrected chi connectivity index (χ1v) is 6.49. The van der Waals surface area contributed by atoms with Gasteiger partial charge >= 0.3 is 0 Å². The molecule has 5 heteroatoms. The van der Waals surface area contributed by atoms with Crippen molar-refractivity contribution >= 4 is 29.0 Å². The van der Waals surface area contributed by atoms with E-state index in [-0.39, 0.29) is 6.10 Å². The van der Waals surface area contributed by atoms with E-state index in [2.05, 4.69) is 4.98 Å². The fraction of sp³-hybridized carbons (Fsp3) is 0.583. The second-order valence-corrected chi connectivity index (χ2v) is 4.80. The Labute approximate surface area is 113 Å². The molecule has 0 aliphatic heterocycles. The van der Waals surface area contributed by atoms with E-state index in [1.807, 2.05) is 31.9 Å². The van der Waals surface area contributed by atoms with Crippen LogP contribution in [0.25, 0.3) is 0 Å². The predicted molar refractivity (Wildman–Crippen MR) is 73.2 cm³/mol. The van der Waals surface area contributed by atoms with Gasteiger partial charge in [0.2, 0.25) is 0 Å². The highest BCUT2D eigenvalue weighted by Crippen LogP contribution is 2.23. The number of alkyl halides is 1. The monoisotopic (exact) mass is 276 g/mol. The van der Waals surface area contributed by atoms with Gasteiger partial charge in [0.25, 0.3) is 0 Å². The number of halogens is 2. The van der Waals surface area contributed by atoms with Crippen LogP contribution in [0.5, 0.6) is 0 Å². The van der Waals surface area contributed by atoms with Gasteiger partial charge in [-0.05, 0) is 25.5 Å². The van der Waals surface area contributed by atoms with Crippen LogP contribution in [0.15, 0.2) is 12.3 Å². The van der Waals surface area contributed by atoms with Crippen LogP contribution in [-0.4, -0.2) is 31.3 Å². The van der Waals surface area contributed by atoms with Gasteiger partial charge in [-0.3, -0.25) is 0 Å². The molecule has 0 aliphatic carbocycles. The normalized spacial score (nSPS) is 10.9. The molecule has 1 heterocycles. The lowest BCUT2D eigenvalue weighted by molar-refractivity contribution is 0.0845. The number of hydrogen-bond donors (Lipinski definition) is 0. The van der Waals surface area contributed by atoms with Gasteiger partial charge in [0, 0.05) is 25.7 Å². The topological polar surface area (TPSA) is 25.4 Å². The van der Waals surface area contributed by atoms with Crippen molar-refractivity contribution in [3.05, 3.63) is 22.8 Å². The lowest BCUT2D eigenvalue weighted by atomic mass is 10.3. The summed E-state index contributed by atoms with van der Waals surface area (Å²) in [4.78, 5) is 6.28. The first kappa shape index (κ1) is 14.6. The molecule has 0 amide bonds. The van der Waals surface area contributed by atoms with Gasteiger partial charge < -0.3 is 9.64 Å². The van der Waals surface area contributed by atoms with Crippen molar-refractivity contribution in [3.8, 4) is 0 Å². The van der Waals surface area contributed by atoms with E-state index < -0.39 is 0 Å². The standard InChI is InChI=1S/C12H18Cl2N2O/c1-9(2)17-5-4-16(3)12-11(14)6-10(7-13)8-15-12/h6,8-9H,4-5,7H2,1-3H3.